The number of aliphatic hydroxyl groups excluding tert-OH is 2. The summed E-state index contributed by atoms with van der Waals surface area (Å²) in [6.07, 6.45) is -0.551. The number of rotatable bonds is 2. The number of fused-ring (bicyclic) bond motifs is 1. The minimum atomic E-state index is -0.743. The highest BCUT2D eigenvalue weighted by molar-refractivity contribution is 7.18. The molecule has 5 nitrogen and oxygen atoms in total. The molecule has 2 N–H and O–H groups in total. The zero-order chi connectivity index (χ0) is 13.6. The lowest BCUT2D eigenvalue weighted by Gasteiger charge is -2.17. The van der Waals surface area contributed by atoms with Gasteiger partial charge in [-0.15, -0.1) is 11.3 Å². The van der Waals surface area contributed by atoms with Crippen molar-refractivity contribution in [3.63, 3.8) is 0 Å². The van der Waals surface area contributed by atoms with Gasteiger partial charge in [-0.25, -0.2) is 4.98 Å². The van der Waals surface area contributed by atoms with Crippen LogP contribution >= 0.6 is 22.9 Å². The van der Waals surface area contributed by atoms with E-state index in [0.29, 0.717) is 18.9 Å². The van der Waals surface area contributed by atoms with E-state index < -0.39 is 12.2 Å². The van der Waals surface area contributed by atoms with Gasteiger partial charge in [0, 0.05) is 18.0 Å². The average molecular weight is 300 g/mol. The summed E-state index contributed by atoms with van der Waals surface area (Å²) < 4.78 is 0. The van der Waals surface area contributed by atoms with Gasteiger partial charge in [-0.2, -0.15) is 4.98 Å². The lowest BCUT2D eigenvalue weighted by atomic mass is 10.3. The van der Waals surface area contributed by atoms with Crippen molar-refractivity contribution in [2.24, 2.45) is 0 Å². The zero-order valence-corrected chi connectivity index (χ0v) is 11.9. The standard InChI is InChI=1S/C12H14ClN3O2S/c1-2-6-3-7-10(14-12(13)15-11(7)19-6)16-4-8(17)9(18)5-16/h3,8-9,17-18H,2,4-5H2,1H3. The Bertz CT molecular complexity index is 608. The van der Waals surface area contributed by atoms with Gasteiger partial charge < -0.3 is 15.1 Å². The van der Waals surface area contributed by atoms with Gasteiger partial charge in [-0.05, 0) is 24.1 Å². The van der Waals surface area contributed by atoms with E-state index in [1.807, 2.05) is 4.90 Å². The van der Waals surface area contributed by atoms with E-state index in [9.17, 15) is 10.2 Å². The van der Waals surface area contributed by atoms with Gasteiger partial charge in [0.25, 0.3) is 0 Å². The molecule has 0 bridgehead atoms. The first-order chi connectivity index (χ1) is 9.08. The maximum Gasteiger partial charge on any atom is 0.225 e. The van der Waals surface area contributed by atoms with Crippen molar-refractivity contribution in [3.8, 4) is 0 Å². The largest absolute Gasteiger partial charge is 0.389 e. The molecule has 0 aliphatic carbocycles. The minimum Gasteiger partial charge on any atom is -0.389 e. The van der Waals surface area contributed by atoms with Crippen LogP contribution in [0.25, 0.3) is 10.2 Å². The normalized spacial score (nSPS) is 23.5. The summed E-state index contributed by atoms with van der Waals surface area (Å²) >= 11 is 7.56. The highest BCUT2D eigenvalue weighted by atomic mass is 35.5. The topological polar surface area (TPSA) is 69.5 Å². The number of hydrogen-bond donors (Lipinski definition) is 2. The van der Waals surface area contributed by atoms with Crippen LogP contribution in [0.15, 0.2) is 6.07 Å². The molecule has 7 heteroatoms. The van der Waals surface area contributed by atoms with Crippen molar-refractivity contribution in [1.29, 1.82) is 0 Å². The highest BCUT2D eigenvalue weighted by Gasteiger charge is 2.31. The Kier molecular flexibility index (Phi) is 3.34. The first-order valence-electron chi connectivity index (χ1n) is 6.15. The van der Waals surface area contributed by atoms with Crippen molar-refractivity contribution in [2.45, 2.75) is 25.6 Å². The van der Waals surface area contributed by atoms with Crippen LogP contribution in [0.2, 0.25) is 5.28 Å². The maximum atomic E-state index is 9.66. The van der Waals surface area contributed by atoms with Gasteiger partial charge in [-0.3, -0.25) is 0 Å². The second-order valence-electron chi connectivity index (χ2n) is 4.64. The van der Waals surface area contributed by atoms with Gasteiger partial charge in [0.2, 0.25) is 5.28 Å². The molecule has 1 aliphatic heterocycles. The summed E-state index contributed by atoms with van der Waals surface area (Å²) in [6.45, 7) is 2.81. The summed E-state index contributed by atoms with van der Waals surface area (Å²) in [5.74, 6) is 0.696. The lowest BCUT2D eigenvalue weighted by Crippen LogP contribution is -2.22. The van der Waals surface area contributed by atoms with Crippen LogP contribution < -0.4 is 4.90 Å². The lowest BCUT2D eigenvalue weighted by molar-refractivity contribution is 0.0572. The quantitative estimate of drug-likeness (QED) is 0.822. The summed E-state index contributed by atoms with van der Waals surface area (Å²) in [5.41, 5.74) is 0. The van der Waals surface area contributed by atoms with Crippen LogP contribution in [0, 0.1) is 0 Å². The minimum absolute atomic E-state index is 0.197. The molecule has 2 aromatic heterocycles. The van der Waals surface area contributed by atoms with Crippen LogP contribution in [0.4, 0.5) is 5.82 Å². The SMILES string of the molecule is CCc1cc2c(N3CC(O)C(O)C3)nc(Cl)nc2s1. The van der Waals surface area contributed by atoms with E-state index in [2.05, 4.69) is 23.0 Å². The number of aryl methyl sites for hydroxylation is 1. The van der Waals surface area contributed by atoms with Crippen LogP contribution in [-0.4, -0.2) is 45.5 Å². The van der Waals surface area contributed by atoms with Crippen LogP contribution in [-0.2, 0) is 6.42 Å². The van der Waals surface area contributed by atoms with Crippen molar-refractivity contribution in [3.05, 3.63) is 16.2 Å². The van der Waals surface area contributed by atoms with Crippen molar-refractivity contribution in [2.75, 3.05) is 18.0 Å². The molecular formula is C12H14ClN3O2S. The van der Waals surface area contributed by atoms with Crippen LogP contribution in [0.5, 0.6) is 0 Å². The monoisotopic (exact) mass is 299 g/mol. The van der Waals surface area contributed by atoms with E-state index >= 15 is 0 Å². The Morgan fingerprint density at radius 3 is 2.68 bits per heavy atom. The van der Waals surface area contributed by atoms with E-state index in [-0.39, 0.29) is 5.28 Å². The number of halogens is 1. The van der Waals surface area contributed by atoms with E-state index in [1.165, 1.54) is 4.88 Å². The fourth-order valence-corrected chi connectivity index (χ4v) is 3.47. The van der Waals surface area contributed by atoms with Gasteiger partial charge >= 0.3 is 0 Å². The molecule has 19 heavy (non-hydrogen) atoms. The summed E-state index contributed by atoms with van der Waals surface area (Å²) in [6, 6.07) is 2.06. The summed E-state index contributed by atoms with van der Waals surface area (Å²) in [5, 5.41) is 20.4. The Hall–Kier alpha value is -0.950. The van der Waals surface area contributed by atoms with E-state index in [0.717, 1.165) is 16.6 Å². The molecule has 102 valence electrons. The molecule has 0 radical (unpaired) electrons. The van der Waals surface area contributed by atoms with Crippen LogP contribution in [0.3, 0.4) is 0 Å². The molecule has 1 aliphatic rings. The number of aromatic nitrogens is 2. The Morgan fingerprint density at radius 2 is 2.05 bits per heavy atom. The maximum absolute atomic E-state index is 9.66. The van der Waals surface area contributed by atoms with Gasteiger partial charge in [0.05, 0.1) is 17.6 Å². The predicted molar refractivity (Wildman–Crippen MR) is 76.0 cm³/mol. The number of aliphatic hydroxyl groups is 2. The highest BCUT2D eigenvalue weighted by Crippen LogP contribution is 2.33. The molecule has 2 atom stereocenters. The fourth-order valence-electron chi connectivity index (χ4n) is 2.29. The molecule has 0 spiro atoms. The number of nitrogens with zero attached hydrogens (tertiary/aromatic N) is 3. The molecule has 3 heterocycles. The predicted octanol–water partition coefficient (Wildman–Crippen LogP) is 1.45. The first kappa shape index (κ1) is 13.1. The number of anilines is 1. The average Bonchev–Trinajstić information content (AvgIpc) is 2.92. The van der Waals surface area contributed by atoms with E-state index in [1.54, 1.807) is 11.3 Å². The third-order valence-electron chi connectivity index (χ3n) is 3.30. The van der Waals surface area contributed by atoms with Gasteiger partial charge in [-0.1, -0.05) is 6.92 Å². The molecule has 0 saturated carbocycles. The Morgan fingerprint density at radius 1 is 1.37 bits per heavy atom. The van der Waals surface area contributed by atoms with Crippen molar-refractivity contribution >= 4 is 39.0 Å². The smallest absolute Gasteiger partial charge is 0.225 e. The summed E-state index contributed by atoms with van der Waals surface area (Å²) in [7, 11) is 0. The Balaban J connectivity index is 2.09. The molecule has 1 saturated heterocycles. The number of hydrogen-bond acceptors (Lipinski definition) is 6. The second kappa shape index (κ2) is 4.86. The fraction of sp³-hybridized carbons (Fsp3) is 0.500. The van der Waals surface area contributed by atoms with Gasteiger partial charge in [0.1, 0.15) is 10.6 Å². The van der Waals surface area contributed by atoms with Gasteiger partial charge in [0.15, 0.2) is 0 Å². The molecule has 2 aromatic rings. The third-order valence-corrected chi connectivity index (χ3v) is 4.65. The van der Waals surface area contributed by atoms with Crippen LogP contribution in [0.1, 0.15) is 11.8 Å². The summed E-state index contributed by atoms with van der Waals surface area (Å²) in [4.78, 5) is 12.4. The number of β-amino-alcohol motifs (C(OH)–C–C–N with tert-alkyl or cyclic N) is 2. The van der Waals surface area contributed by atoms with Crippen molar-refractivity contribution in [1.82, 2.24) is 9.97 Å². The first-order valence-corrected chi connectivity index (χ1v) is 7.35. The zero-order valence-electron chi connectivity index (χ0n) is 10.4. The van der Waals surface area contributed by atoms with Crippen molar-refractivity contribution < 1.29 is 10.2 Å². The molecule has 1 fully saturated rings. The third kappa shape index (κ3) is 2.29. The molecule has 2 unspecified atom stereocenters. The van der Waals surface area contributed by atoms with E-state index in [4.69, 9.17) is 11.6 Å². The molecule has 3 rings (SSSR count). The molecule has 0 amide bonds. The molecular weight excluding hydrogens is 286 g/mol. The number of thiophene rings is 1. The second-order valence-corrected chi connectivity index (χ2v) is 6.09. The molecule has 0 aromatic carbocycles. The Labute approximate surface area is 119 Å².